The van der Waals surface area contributed by atoms with Gasteiger partial charge >= 0.3 is 0 Å². The van der Waals surface area contributed by atoms with Gasteiger partial charge in [-0.05, 0) is 19.1 Å². The quantitative estimate of drug-likeness (QED) is 0.732. The van der Waals surface area contributed by atoms with Crippen LogP contribution in [0.15, 0.2) is 30.3 Å². The van der Waals surface area contributed by atoms with Gasteiger partial charge in [0, 0.05) is 24.7 Å². The molecule has 0 saturated carbocycles. The molecule has 14 heavy (non-hydrogen) atoms. The van der Waals surface area contributed by atoms with Gasteiger partial charge in [0.1, 0.15) is 0 Å². The van der Waals surface area contributed by atoms with Crippen LogP contribution in [0.1, 0.15) is 13.8 Å². The zero-order chi connectivity index (χ0) is 10.2. The third kappa shape index (κ3) is 1.62. The highest BCUT2D eigenvalue weighted by atomic mass is 16.3. The Hall–Kier alpha value is -1.02. The Bertz CT molecular complexity index is 307. The van der Waals surface area contributed by atoms with Crippen molar-refractivity contribution in [1.82, 2.24) is 0 Å². The van der Waals surface area contributed by atoms with Crippen LogP contribution in [-0.2, 0) is 0 Å². The highest BCUT2D eigenvalue weighted by Gasteiger charge is 2.38. The monoisotopic (exact) mass is 191 g/mol. The van der Waals surface area contributed by atoms with E-state index in [-0.39, 0.29) is 0 Å². The van der Waals surface area contributed by atoms with Gasteiger partial charge < -0.3 is 10.0 Å². The van der Waals surface area contributed by atoms with Crippen LogP contribution in [0.2, 0.25) is 0 Å². The summed E-state index contributed by atoms with van der Waals surface area (Å²) in [7, 11) is 0. The summed E-state index contributed by atoms with van der Waals surface area (Å²) in [4.78, 5) is 2.24. The van der Waals surface area contributed by atoms with Gasteiger partial charge in [-0.15, -0.1) is 0 Å². The first-order valence-electron chi connectivity index (χ1n) is 5.12. The van der Waals surface area contributed by atoms with Crippen molar-refractivity contribution >= 4 is 5.69 Å². The molecule has 0 aromatic heterocycles. The maximum atomic E-state index is 10.1. The van der Waals surface area contributed by atoms with Crippen molar-refractivity contribution in [2.24, 2.45) is 5.92 Å². The number of nitrogens with zero attached hydrogens (tertiary/aromatic N) is 1. The van der Waals surface area contributed by atoms with E-state index in [0.29, 0.717) is 5.92 Å². The van der Waals surface area contributed by atoms with Crippen LogP contribution in [0.4, 0.5) is 5.69 Å². The highest BCUT2D eigenvalue weighted by molar-refractivity contribution is 5.47. The van der Waals surface area contributed by atoms with E-state index >= 15 is 0 Å². The van der Waals surface area contributed by atoms with E-state index in [0.717, 1.165) is 13.1 Å². The SMILES string of the molecule is C[C@@H]1CN(c2ccccc2)C[C@]1(C)O. The van der Waals surface area contributed by atoms with Gasteiger partial charge in [0.15, 0.2) is 0 Å². The normalized spacial score (nSPS) is 32.2. The van der Waals surface area contributed by atoms with E-state index in [1.165, 1.54) is 5.69 Å². The number of rotatable bonds is 1. The maximum Gasteiger partial charge on any atom is 0.0835 e. The van der Waals surface area contributed by atoms with Crippen molar-refractivity contribution in [3.05, 3.63) is 30.3 Å². The lowest BCUT2D eigenvalue weighted by Gasteiger charge is -2.21. The second-order valence-electron chi connectivity index (χ2n) is 4.47. The van der Waals surface area contributed by atoms with Crippen molar-refractivity contribution < 1.29 is 5.11 Å². The first-order valence-corrected chi connectivity index (χ1v) is 5.12. The summed E-state index contributed by atoms with van der Waals surface area (Å²) in [6.07, 6.45) is 0. The smallest absolute Gasteiger partial charge is 0.0835 e. The van der Waals surface area contributed by atoms with Crippen LogP contribution in [0.5, 0.6) is 0 Å². The molecule has 1 aliphatic rings. The first-order chi connectivity index (χ1) is 6.59. The standard InChI is InChI=1S/C12H17NO/c1-10-8-13(9-12(10,2)14)11-6-4-3-5-7-11/h3-7,10,14H,8-9H2,1-2H3/t10-,12+/m1/s1. The van der Waals surface area contributed by atoms with Crippen molar-refractivity contribution in [3.63, 3.8) is 0 Å². The van der Waals surface area contributed by atoms with E-state index in [2.05, 4.69) is 24.0 Å². The van der Waals surface area contributed by atoms with E-state index in [4.69, 9.17) is 0 Å². The highest BCUT2D eigenvalue weighted by Crippen LogP contribution is 2.30. The minimum atomic E-state index is -0.546. The van der Waals surface area contributed by atoms with Crippen molar-refractivity contribution in [2.45, 2.75) is 19.4 Å². The summed E-state index contributed by atoms with van der Waals surface area (Å²) < 4.78 is 0. The Kier molecular flexibility index (Phi) is 2.23. The van der Waals surface area contributed by atoms with Gasteiger partial charge in [0.05, 0.1) is 5.60 Å². The van der Waals surface area contributed by atoms with E-state index in [1.807, 2.05) is 25.1 Å². The fourth-order valence-electron chi connectivity index (χ4n) is 1.97. The summed E-state index contributed by atoms with van der Waals surface area (Å²) in [6, 6.07) is 10.3. The molecule has 1 heterocycles. The number of hydrogen-bond donors (Lipinski definition) is 1. The zero-order valence-corrected chi connectivity index (χ0v) is 8.77. The number of para-hydroxylation sites is 1. The molecule has 2 rings (SSSR count). The van der Waals surface area contributed by atoms with Gasteiger partial charge in [-0.25, -0.2) is 0 Å². The van der Waals surface area contributed by atoms with Crippen LogP contribution in [0.3, 0.4) is 0 Å². The lowest BCUT2D eigenvalue weighted by molar-refractivity contribution is 0.0443. The number of benzene rings is 1. The number of hydrogen-bond acceptors (Lipinski definition) is 2. The summed E-state index contributed by atoms with van der Waals surface area (Å²) >= 11 is 0. The summed E-state index contributed by atoms with van der Waals surface area (Å²) in [5.41, 5.74) is 0.660. The molecular weight excluding hydrogens is 174 g/mol. The third-order valence-corrected chi connectivity index (χ3v) is 3.19. The van der Waals surface area contributed by atoms with Crippen LogP contribution < -0.4 is 4.90 Å². The molecule has 2 heteroatoms. The minimum Gasteiger partial charge on any atom is -0.388 e. The molecule has 1 saturated heterocycles. The average Bonchev–Trinajstić information content (AvgIpc) is 2.43. The Morgan fingerprint density at radius 3 is 2.50 bits per heavy atom. The fourth-order valence-corrected chi connectivity index (χ4v) is 1.97. The van der Waals surface area contributed by atoms with Crippen molar-refractivity contribution in [2.75, 3.05) is 18.0 Å². The molecule has 1 aliphatic heterocycles. The largest absolute Gasteiger partial charge is 0.388 e. The average molecular weight is 191 g/mol. The maximum absolute atomic E-state index is 10.1. The second kappa shape index (κ2) is 3.28. The molecule has 1 fully saturated rings. The van der Waals surface area contributed by atoms with Crippen LogP contribution in [0, 0.1) is 5.92 Å². The molecule has 2 nitrogen and oxygen atoms in total. The molecule has 0 aliphatic carbocycles. The Labute approximate surface area is 85.2 Å². The topological polar surface area (TPSA) is 23.5 Å². The van der Waals surface area contributed by atoms with Gasteiger partial charge in [0.25, 0.3) is 0 Å². The van der Waals surface area contributed by atoms with Gasteiger partial charge in [0.2, 0.25) is 0 Å². The van der Waals surface area contributed by atoms with Crippen molar-refractivity contribution in [3.8, 4) is 0 Å². The molecule has 0 radical (unpaired) electrons. The van der Waals surface area contributed by atoms with E-state index < -0.39 is 5.60 Å². The summed E-state index contributed by atoms with van der Waals surface area (Å²) in [5.74, 6) is 0.336. The molecule has 1 N–H and O–H groups in total. The molecule has 0 amide bonds. The first kappa shape index (κ1) is 9.53. The lowest BCUT2D eigenvalue weighted by Crippen LogP contribution is -2.33. The number of β-amino-alcohol motifs (C(OH)–C–C–N with tert-alkyl or cyclic N) is 1. The van der Waals surface area contributed by atoms with Gasteiger partial charge in [-0.1, -0.05) is 25.1 Å². The predicted molar refractivity (Wildman–Crippen MR) is 58.4 cm³/mol. The molecule has 0 spiro atoms. The summed E-state index contributed by atoms with van der Waals surface area (Å²) in [6.45, 7) is 5.69. The molecule has 1 aromatic rings. The second-order valence-corrected chi connectivity index (χ2v) is 4.47. The molecule has 2 atom stereocenters. The zero-order valence-electron chi connectivity index (χ0n) is 8.77. The van der Waals surface area contributed by atoms with Crippen molar-refractivity contribution in [1.29, 1.82) is 0 Å². The van der Waals surface area contributed by atoms with E-state index in [1.54, 1.807) is 0 Å². The van der Waals surface area contributed by atoms with E-state index in [9.17, 15) is 5.11 Å². The molecular formula is C12H17NO. The Morgan fingerprint density at radius 2 is 2.00 bits per heavy atom. The number of anilines is 1. The number of aliphatic hydroxyl groups is 1. The lowest BCUT2D eigenvalue weighted by atomic mass is 9.95. The molecule has 76 valence electrons. The Morgan fingerprint density at radius 1 is 1.36 bits per heavy atom. The molecule has 1 aromatic carbocycles. The van der Waals surface area contributed by atoms with Crippen LogP contribution in [0.25, 0.3) is 0 Å². The summed E-state index contributed by atoms with van der Waals surface area (Å²) in [5, 5.41) is 10.1. The fraction of sp³-hybridized carbons (Fsp3) is 0.500. The third-order valence-electron chi connectivity index (χ3n) is 3.19. The molecule has 0 unspecified atom stereocenters. The van der Waals surface area contributed by atoms with Gasteiger partial charge in [-0.3, -0.25) is 0 Å². The van der Waals surface area contributed by atoms with Crippen LogP contribution >= 0.6 is 0 Å². The Balaban J connectivity index is 2.17. The van der Waals surface area contributed by atoms with Crippen LogP contribution in [-0.4, -0.2) is 23.8 Å². The van der Waals surface area contributed by atoms with Gasteiger partial charge in [-0.2, -0.15) is 0 Å². The minimum absolute atomic E-state index is 0.336. The molecule has 0 bridgehead atoms. The predicted octanol–water partition coefficient (Wildman–Crippen LogP) is 1.89.